The molecule has 1 saturated carbocycles. The van der Waals surface area contributed by atoms with Crippen LogP contribution < -0.4 is 0 Å². The van der Waals surface area contributed by atoms with Crippen LogP contribution in [-0.4, -0.2) is 13.1 Å². The number of esters is 1. The van der Waals surface area contributed by atoms with Crippen LogP contribution in [0.3, 0.4) is 0 Å². The van der Waals surface area contributed by atoms with Crippen LogP contribution in [0.1, 0.15) is 45.4 Å². The van der Waals surface area contributed by atoms with E-state index in [0.717, 1.165) is 6.42 Å². The Labute approximate surface area is 80.7 Å². The normalized spacial score (nSPS) is 27.5. The predicted molar refractivity (Wildman–Crippen MR) is 52.4 cm³/mol. The van der Waals surface area contributed by atoms with E-state index in [1.54, 1.807) is 0 Å². The number of carbonyl (C=O) groups is 1. The third kappa shape index (κ3) is 2.71. The van der Waals surface area contributed by atoms with Gasteiger partial charge in [0.15, 0.2) is 0 Å². The molecule has 2 nitrogen and oxygen atoms in total. The Morgan fingerprint density at radius 1 is 1.46 bits per heavy atom. The van der Waals surface area contributed by atoms with Crippen molar-refractivity contribution in [3.8, 4) is 0 Å². The molecule has 1 rings (SSSR count). The van der Waals surface area contributed by atoms with Crippen LogP contribution in [0.25, 0.3) is 0 Å². The van der Waals surface area contributed by atoms with E-state index in [1.165, 1.54) is 39.2 Å². The zero-order valence-electron chi connectivity index (χ0n) is 8.71. The smallest absolute Gasteiger partial charge is 0.308 e. The number of rotatable bonds is 4. The van der Waals surface area contributed by atoms with Crippen molar-refractivity contribution in [3.05, 3.63) is 0 Å². The molecule has 0 radical (unpaired) electrons. The average Bonchev–Trinajstić information content (AvgIpc) is 2.61. The van der Waals surface area contributed by atoms with E-state index in [1.807, 2.05) is 0 Å². The van der Waals surface area contributed by atoms with Crippen LogP contribution in [0, 0.1) is 11.8 Å². The van der Waals surface area contributed by atoms with Gasteiger partial charge in [0.05, 0.1) is 13.0 Å². The molecule has 0 heterocycles. The van der Waals surface area contributed by atoms with Gasteiger partial charge in [-0.25, -0.2) is 0 Å². The second kappa shape index (κ2) is 5.25. The molecular formula is C11H20O2. The molecule has 1 aliphatic rings. The Kier molecular flexibility index (Phi) is 4.26. The molecule has 76 valence electrons. The summed E-state index contributed by atoms with van der Waals surface area (Å²) in [6.07, 6.45) is 7.15. The SMILES string of the molecule is CCCC[C@H]1CCC[C@H]1C(=O)OC. The van der Waals surface area contributed by atoms with Gasteiger partial charge in [0, 0.05) is 0 Å². The highest BCUT2D eigenvalue weighted by Gasteiger charge is 2.32. The molecule has 0 aliphatic heterocycles. The fourth-order valence-electron chi connectivity index (χ4n) is 2.31. The molecule has 0 N–H and O–H groups in total. The number of ether oxygens (including phenoxy) is 1. The highest BCUT2D eigenvalue weighted by atomic mass is 16.5. The van der Waals surface area contributed by atoms with Crippen molar-refractivity contribution in [2.24, 2.45) is 11.8 Å². The Bertz CT molecular complexity index is 165. The molecular weight excluding hydrogens is 164 g/mol. The zero-order chi connectivity index (χ0) is 9.68. The number of carbonyl (C=O) groups excluding carboxylic acids is 1. The Balaban J connectivity index is 2.39. The lowest BCUT2D eigenvalue weighted by atomic mass is 9.91. The summed E-state index contributed by atoms with van der Waals surface area (Å²) < 4.78 is 4.81. The van der Waals surface area contributed by atoms with Crippen molar-refractivity contribution in [1.82, 2.24) is 0 Å². The van der Waals surface area contributed by atoms with E-state index < -0.39 is 0 Å². The van der Waals surface area contributed by atoms with Crippen molar-refractivity contribution in [1.29, 1.82) is 0 Å². The van der Waals surface area contributed by atoms with Gasteiger partial charge in [-0.1, -0.05) is 26.2 Å². The standard InChI is InChI=1S/C11H20O2/c1-3-4-6-9-7-5-8-10(9)11(12)13-2/h9-10H,3-8H2,1-2H3/t9-,10+/m0/s1. The van der Waals surface area contributed by atoms with Crippen LogP contribution in [0.4, 0.5) is 0 Å². The minimum atomic E-state index is 0.0126. The minimum absolute atomic E-state index is 0.0126. The minimum Gasteiger partial charge on any atom is -0.469 e. The number of methoxy groups -OCH3 is 1. The lowest BCUT2D eigenvalue weighted by molar-refractivity contribution is -0.146. The van der Waals surface area contributed by atoms with Gasteiger partial charge in [-0.05, 0) is 25.2 Å². The Morgan fingerprint density at radius 3 is 2.85 bits per heavy atom. The number of hydrogen-bond donors (Lipinski definition) is 0. The molecule has 0 spiro atoms. The monoisotopic (exact) mass is 184 g/mol. The van der Waals surface area contributed by atoms with Crippen molar-refractivity contribution in [2.75, 3.05) is 7.11 Å². The highest BCUT2D eigenvalue weighted by molar-refractivity contribution is 5.72. The molecule has 0 aromatic heterocycles. The summed E-state index contributed by atoms with van der Waals surface area (Å²) in [5, 5.41) is 0. The van der Waals surface area contributed by atoms with Crippen LogP contribution in [0.15, 0.2) is 0 Å². The fourth-order valence-corrected chi connectivity index (χ4v) is 2.31. The molecule has 0 saturated heterocycles. The van der Waals surface area contributed by atoms with E-state index in [2.05, 4.69) is 6.92 Å². The van der Waals surface area contributed by atoms with Crippen molar-refractivity contribution >= 4 is 5.97 Å². The molecule has 13 heavy (non-hydrogen) atoms. The number of hydrogen-bond acceptors (Lipinski definition) is 2. The van der Waals surface area contributed by atoms with Crippen molar-refractivity contribution in [2.45, 2.75) is 45.4 Å². The van der Waals surface area contributed by atoms with E-state index >= 15 is 0 Å². The maximum atomic E-state index is 11.4. The van der Waals surface area contributed by atoms with Gasteiger partial charge in [0.2, 0.25) is 0 Å². The van der Waals surface area contributed by atoms with E-state index in [9.17, 15) is 4.79 Å². The first-order valence-electron chi connectivity index (χ1n) is 5.37. The highest BCUT2D eigenvalue weighted by Crippen LogP contribution is 2.35. The summed E-state index contributed by atoms with van der Waals surface area (Å²) in [5.41, 5.74) is 0. The second-order valence-corrected chi connectivity index (χ2v) is 3.96. The van der Waals surface area contributed by atoms with E-state index in [-0.39, 0.29) is 11.9 Å². The Hall–Kier alpha value is -0.530. The van der Waals surface area contributed by atoms with Gasteiger partial charge >= 0.3 is 5.97 Å². The molecule has 0 aromatic carbocycles. The first kappa shape index (κ1) is 10.6. The van der Waals surface area contributed by atoms with E-state index in [4.69, 9.17) is 4.74 Å². The topological polar surface area (TPSA) is 26.3 Å². The maximum absolute atomic E-state index is 11.4. The maximum Gasteiger partial charge on any atom is 0.308 e. The lowest BCUT2D eigenvalue weighted by Crippen LogP contribution is -2.20. The molecule has 0 unspecified atom stereocenters. The van der Waals surface area contributed by atoms with Gasteiger partial charge in [0.1, 0.15) is 0 Å². The molecule has 0 aromatic rings. The summed E-state index contributed by atoms with van der Waals surface area (Å²) in [7, 11) is 1.50. The molecule has 0 amide bonds. The van der Waals surface area contributed by atoms with Gasteiger partial charge < -0.3 is 4.74 Å². The van der Waals surface area contributed by atoms with Gasteiger partial charge in [-0.3, -0.25) is 4.79 Å². The van der Waals surface area contributed by atoms with Crippen molar-refractivity contribution < 1.29 is 9.53 Å². The van der Waals surface area contributed by atoms with Crippen molar-refractivity contribution in [3.63, 3.8) is 0 Å². The summed E-state index contributed by atoms with van der Waals surface area (Å²) in [6.45, 7) is 2.20. The van der Waals surface area contributed by atoms with Crippen LogP contribution in [-0.2, 0) is 9.53 Å². The second-order valence-electron chi connectivity index (χ2n) is 3.96. The van der Waals surface area contributed by atoms with E-state index in [0.29, 0.717) is 5.92 Å². The van der Waals surface area contributed by atoms with Gasteiger partial charge in [-0.2, -0.15) is 0 Å². The molecule has 1 aliphatic carbocycles. The zero-order valence-corrected chi connectivity index (χ0v) is 8.71. The molecule has 1 fully saturated rings. The van der Waals surface area contributed by atoms with Gasteiger partial charge in [-0.15, -0.1) is 0 Å². The van der Waals surface area contributed by atoms with Crippen LogP contribution in [0.2, 0.25) is 0 Å². The summed E-state index contributed by atoms with van der Waals surface area (Å²) in [5.74, 6) is 0.822. The average molecular weight is 184 g/mol. The molecule has 2 atom stereocenters. The largest absolute Gasteiger partial charge is 0.469 e. The first-order chi connectivity index (χ1) is 6.29. The summed E-state index contributed by atoms with van der Waals surface area (Å²) in [6, 6.07) is 0. The van der Waals surface area contributed by atoms with Crippen LogP contribution >= 0.6 is 0 Å². The lowest BCUT2D eigenvalue weighted by Gasteiger charge is -2.16. The van der Waals surface area contributed by atoms with Crippen LogP contribution in [0.5, 0.6) is 0 Å². The van der Waals surface area contributed by atoms with Gasteiger partial charge in [0.25, 0.3) is 0 Å². The Morgan fingerprint density at radius 2 is 2.23 bits per heavy atom. The fraction of sp³-hybridized carbons (Fsp3) is 0.909. The third-order valence-electron chi connectivity index (χ3n) is 3.09. The predicted octanol–water partition coefficient (Wildman–Crippen LogP) is 2.77. The number of unbranched alkanes of at least 4 members (excludes halogenated alkanes) is 1. The quantitative estimate of drug-likeness (QED) is 0.628. The summed E-state index contributed by atoms with van der Waals surface area (Å²) >= 11 is 0. The third-order valence-corrected chi connectivity index (χ3v) is 3.09. The summed E-state index contributed by atoms with van der Waals surface area (Å²) in [4.78, 5) is 11.4. The first-order valence-corrected chi connectivity index (χ1v) is 5.37. The molecule has 0 bridgehead atoms. The molecule has 2 heteroatoms.